The van der Waals surface area contributed by atoms with Crippen molar-refractivity contribution in [3.63, 3.8) is 0 Å². The van der Waals surface area contributed by atoms with Gasteiger partial charge in [0.2, 0.25) is 0 Å². The van der Waals surface area contributed by atoms with Crippen molar-refractivity contribution in [2.24, 2.45) is 4.99 Å². The highest BCUT2D eigenvalue weighted by Crippen LogP contribution is 2.27. The second-order valence-corrected chi connectivity index (χ2v) is 7.38. The summed E-state index contributed by atoms with van der Waals surface area (Å²) in [7, 11) is 0. The molecule has 0 bridgehead atoms. The number of morpholine rings is 1. The van der Waals surface area contributed by atoms with Crippen LogP contribution in [0.4, 0.5) is 0 Å². The Morgan fingerprint density at radius 1 is 1.44 bits per heavy atom. The first-order valence-electron chi connectivity index (χ1n) is 9.73. The quantitative estimate of drug-likeness (QED) is 0.219. The van der Waals surface area contributed by atoms with Crippen molar-refractivity contribution in [2.45, 2.75) is 39.3 Å². The molecule has 0 radical (unpaired) electrons. The first-order chi connectivity index (χ1) is 12.7. The summed E-state index contributed by atoms with van der Waals surface area (Å²) in [4.78, 5) is 8.74. The van der Waals surface area contributed by atoms with E-state index in [9.17, 15) is 0 Å². The molecule has 6 nitrogen and oxygen atoms in total. The number of aliphatic imine (C=N–C) groups is 1. The van der Waals surface area contributed by atoms with Crippen LogP contribution in [0.2, 0.25) is 0 Å². The van der Waals surface area contributed by atoms with E-state index in [1.807, 2.05) is 18.3 Å². The maximum absolute atomic E-state index is 5.71. The van der Waals surface area contributed by atoms with Gasteiger partial charge in [0.05, 0.1) is 25.3 Å². The lowest BCUT2D eigenvalue weighted by Gasteiger charge is -2.36. The van der Waals surface area contributed by atoms with E-state index >= 15 is 0 Å². The Morgan fingerprint density at radius 2 is 2.30 bits per heavy atom. The molecule has 2 rings (SSSR count). The standard InChI is InChI=1S/C19H34N4O2S.HI/c1-4-20-19(21-9-7-11-24-5-2)22-14-17(18-8-6-13-26-18)23-10-12-25-16(3)15-23;/h6,8,13,16-17H,4-5,7,9-12,14-15H2,1-3H3,(H2,20,21,22);1H. The highest BCUT2D eigenvalue weighted by molar-refractivity contribution is 14.0. The summed E-state index contributed by atoms with van der Waals surface area (Å²) in [6.07, 6.45) is 1.26. The molecule has 27 heavy (non-hydrogen) atoms. The zero-order valence-electron chi connectivity index (χ0n) is 16.8. The lowest BCUT2D eigenvalue weighted by Crippen LogP contribution is -2.44. The van der Waals surface area contributed by atoms with E-state index < -0.39 is 0 Å². The molecular formula is C19H35IN4O2S. The van der Waals surface area contributed by atoms with Gasteiger partial charge in [-0.1, -0.05) is 6.07 Å². The molecule has 0 spiro atoms. The summed E-state index contributed by atoms with van der Waals surface area (Å²) >= 11 is 1.81. The van der Waals surface area contributed by atoms with Gasteiger partial charge >= 0.3 is 0 Å². The van der Waals surface area contributed by atoms with Crippen LogP contribution in [0.15, 0.2) is 22.5 Å². The normalized spacial score (nSPS) is 19.4. The molecule has 0 saturated carbocycles. The molecule has 1 aromatic heterocycles. The van der Waals surface area contributed by atoms with Gasteiger partial charge in [-0.2, -0.15) is 0 Å². The fourth-order valence-corrected chi connectivity index (χ4v) is 3.89. The molecule has 1 aliphatic rings. The topological polar surface area (TPSA) is 58.1 Å². The van der Waals surface area contributed by atoms with E-state index in [1.165, 1.54) is 4.88 Å². The van der Waals surface area contributed by atoms with Crippen LogP contribution in [-0.4, -0.2) is 69.5 Å². The minimum absolute atomic E-state index is 0. The van der Waals surface area contributed by atoms with Crippen molar-refractivity contribution in [3.05, 3.63) is 22.4 Å². The first kappa shape index (κ1) is 24.6. The monoisotopic (exact) mass is 510 g/mol. The predicted octanol–water partition coefficient (Wildman–Crippen LogP) is 3.11. The Balaban J connectivity index is 0.00000364. The van der Waals surface area contributed by atoms with E-state index in [2.05, 4.69) is 46.9 Å². The van der Waals surface area contributed by atoms with Gasteiger partial charge in [-0.3, -0.25) is 9.89 Å². The fraction of sp³-hybridized carbons (Fsp3) is 0.737. The van der Waals surface area contributed by atoms with E-state index in [4.69, 9.17) is 14.5 Å². The highest BCUT2D eigenvalue weighted by atomic mass is 127. The number of guanidine groups is 1. The fourth-order valence-electron chi connectivity index (χ4n) is 3.04. The van der Waals surface area contributed by atoms with Crippen LogP contribution in [-0.2, 0) is 9.47 Å². The van der Waals surface area contributed by atoms with Crippen LogP contribution in [0.25, 0.3) is 0 Å². The number of nitrogens with one attached hydrogen (secondary N) is 2. The molecule has 156 valence electrons. The smallest absolute Gasteiger partial charge is 0.191 e. The number of halogens is 1. The Bertz CT molecular complexity index is 516. The van der Waals surface area contributed by atoms with Crippen LogP contribution in [0, 0.1) is 0 Å². The van der Waals surface area contributed by atoms with Crippen LogP contribution in [0.3, 0.4) is 0 Å². The number of hydrogen-bond donors (Lipinski definition) is 2. The van der Waals surface area contributed by atoms with E-state index in [1.54, 1.807) is 0 Å². The number of ether oxygens (including phenoxy) is 2. The minimum atomic E-state index is 0. The van der Waals surface area contributed by atoms with E-state index in [0.29, 0.717) is 6.04 Å². The molecule has 8 heteroatoms. The summed E-state index contributed by atoms with van der Waals surface area (Å²) in [6, 6.07) is 4.64. The molecule has 2 atom stereocenters. The first-order valence-corrected chi connectivity index (χ1v) is 10.6. The third-order valence-corrected chi connectivity index (χ3v) is 5.29. The van der Waals surface area contributed by atoms with Crippen LogP contribution in [0.5, 0.6) is 0 Å². The third-order valence-electron chi connectivity index (χ3n) is 4.31. The van der Waals surface area contributed by atoms with Gasteiger partial charge < -0.3 is 20.1 Å². The SMILES string of the molecule is CCNC(=NCC(c1cccs1)N1CCOC(C)C1)NCCCOCC.I. The molecule has 0 aliphatic carbocycles. The van der Waals surface area contributed by atoms with Crippen molar-refractivity contribution < 1.29 is 9.47 Å². The Labute approximate surface area is 185 Å². The zero-order chi connectivity index (χ0) is 18.6. The molecule has 1 saturated heterocycles. The maximum atomic E-state index is 5.71. The van der Waals surface area contributed by atoms with Crippen LogP contribution < -0.4 is 10.6 Å². The predicted molar refractivity (Wildman–Crippen MR) is 125 cm³/mol. The molecular weight excluding hydrogens is 475 g/mol. The summed E-state index contributed by atoms with van der Waals surface area (Å²) in [5.41, 5.74) is 0. The molecule has 1 aromatic rings. The number of thiophene rings is 1. The Morgan fingerprint density at radius 3 is 2.96 bits per heavy atom. The van der Waals surface area contributed by atoms with E-state index in [0.717, 1.165) is 64.9 Å². The second-order valence-electron chi connectivity index (χ2n) is 6.40. The molecule has 2 heterocycles. The van der Waals surface area contributed by atoms with Gasteiger partial charge in [0.1, 0.15) is 0 Å². The third kappa shape index (κ3) is 9.08. The van der Waals surface area contributed by atoms with Gasteiger partial charge in [-0.25, -0.2) is 0 Å². The minimum Gasteiger partial charge on any atom is -0.382 e. The summed E-state index contributed by atoms with van der Waals surface area (Å²) < 4.78 is 11.1. The van der Waals surface area contributed by atoms with Gasteiger partial charge in [0.25, 0.3) is 0 Å². The number of nitrogens with zero attached hydrogens (tertiary/aromatic N) is 2. The number of hydrogen-bond acceptors (Lipinski definition) is 5. The molecule has 2 N–H and O–H groups in total. The molecule has 2 unspecified atom stereocenters. The summed E-state index contributed by atoms with van der Waals surface area (Å²) in [5, 5.41) is 8.90. The molecule has 1 fully saturated rings. The Kier molecular flexibility index (Phi) is 13.3. The largest absolute Gasteiger partial charge is 0.382 e. The van der Waals surface area contributed by atoms with Crippen molar-refractivity contribution in [3.8, 4) is 0 Å². The van der Waals surface area contributed by atoms with Crippen molar-refractivity contribution in [1.82, 2.24) is 15.5 Å². The zero-order valence-corrected chi connectivity index (χ0v) is 19.9. The van der Waals surface area contributed by atoms with Gasteiger partial charge in [-0.05, 0) is 38.6 Å². The van der Waals surface area contributed by atoms with Gasteiger partial charge in [-0.15, -0.1) is 35.3 Å². The van der Waals surface area contributed by atoms with Crippen molar-refractivity contribution in [1.29, 1.82) is 0 Å². The maximum Gasteiger partial charge on any atom is 0.191 e. The average molecular weight is 510 g/mol. The summed E-state index contributed by atoms with van der Waals surface area (Å²) in [5.74, 6) is 0.881. The van der Waals surface area contributed by atoms with Gasteiger partial charge in [0.15, 0.2) is 5.96 Å². The lowest BCUT2D eigenvalue weighted by atomic mass is 10.1. The van der Waals surface area contributed by atoms with Crippen LogP contribution >= 0.6 is 35.3 Å². The lowest BCUT2D eigenvalue weighted by molar-refractivity contribution is -0.0327. The highest BCUT2D eigenvalue weighted by Gasteiger charge is 2.26. The van der Waals surface area contributed by atoms with Crippen molar-refractivity contribution in [2.75, 3.05) is 52.5 Å². The van der Waals surface area contributed by atoms with E-state index in [-0.39, 0.29) is 30.1 Å². The Hall–Kier alpha value is -0.420. The molecule has 0 amide bonds. The average Bonchev–Trinajstić information content (AvgIpc) is 3.16. The molecule has 0 aromatic carbocycles. The molecule has 1 aliphatic heterocycles. The van der Waals surface area contributed by atoms with Crippen molar-refractivity contribution >= 4 is 41.3 Å². The second kappa shape index (κ2) is 14.6. The van der Waals surface area contributed by atoms with Gasteiger partial charge in [0, 0.05) is 44.3 Å². The number of rotatable bonds is 10. The van der Waals surface area contributed by atoms with Crippen LogP contribution in [0.1, 0.15) is 38.1 Å². The summed E-state index contributed by atoms with van der Waals surface area (Å²) in [6.45, 7) is 13.0.